The second-order valence-electron chi connectivity index (χ2n) is 9.31. The molecule has 4 rings (SSSR count). The molecule has 0 saturated heterocycles. The highest BCUT2D eigenvalue weighted by Crippen LogP contribution is 2.30. The van der Waals surface area contributed by atoms with Crippen LogP contribution in [0.5, 0.6) is 0 Å². The van der Waals surface area contributed by atoms with Crippen LogP contribution in [0.25, 0.3) is 5.69 Å². The van der Waals surface area contributed by atoms with Crippen LogP contribution in [-0.4, -0.2) is 27.4 Å². The van der Waals surface area contributed by atoms with E-state index in [1.165, 1.54) is 4.68 Å². The predicted octanol–water partition coefficient (Wildman–Crippen LogP) is 7.00. The van der Waals surface area contributed by atoms with Gasteiger partial charge in [-0.3, -0.25) is 4.79 Å². The van der Waals surface area contributed by atoms with E-state index in [-0.39, 0.29) is 18.5 Å². The topological polar surface area (TPSA) is 79.2 Å². The molecular weight excluding hydrogens is 505 g/mol. The van der Waals surface area contributed by atoms with E-state index >= 15 is 0 Å². The summed E-state index contributed by atoms with van der Waals surface area (Å²) in [5.41, 5.74) is 3.79. The molecule has 2 unspecified atom stereocenters. The van der Waals surface area contributed by atoms with Gasteiger partial charge in [0.1, 0.15) is 0 Å². The molecule has 3 aromatic carbocycles. The number of alkyl halides is 3. The van der Waals surface area contributed by atoms with E-state index in [4.69, 9.17) is 5.11 Å². The van der Waals surface area contributed by atoms with Crippen LogP contribution >= 0.6 is 0 Å². The van der Waals surface area contributed by atoms with Crippen LogP contribution in [0, 0.1) is 0 Å². The standard InChI is InChI=1S/C30H31F3N4O2/c1-2-6-27(36-25-13-15-26(16-14-25)37-20-24(19-35-37)30(31,32)33)21-9-11-23(12-10-21)29(34-18-17-28(38)39)22-7-4-3-5-8-22/h3-5,7-16,19-20,27,29,34,36H,2,6,17-18H2,1H3,(H,38,39). The Labute approximate surface area is 225 Å². The second kappa shape index (κ2) is 12.6. The van der Waals surface area contributed by atoms with Gasteiger partial charge in [-0.25, -0.2) is 4.68 Å². The van der Waals surface area contributed by atoms with E-state index in [1.807, 2.05) is 42.5 Å². The largest absolute Gasteiger partial charge is 0.481 e. The summed E-state index contributed by atoms with van der Waals surface area (Å²) in [5, 5.41) is 19.8. The molecule has 0 bridgehead atoms. The molecule has 0 fully saturated rings. The minimum absolute atomic E-state index is 0.0339. The highest BCUT2D eigenvalue weighted by molar-refractivity contribution is 5.66. The Hall–Kier alpha value is -4.11. The zero-order valence-electron chi connectivity index (χ0n) is 21.5. The molecule has 9 heteroatoms. The fourth-order valence-electron chi connectivity index (χ4n) is 4.45. The van der Waals surface area contributed by atoms with Crippen LogP contribution in [0.2, 0.25) is 0 Å². The van der Waals surface area contributed by atoms with Crippen LogP contribution in [0.1, 0.15) is 60.5 Å². The number of hydrogen-bond acceptors (Lipinski definition) is 4. The highest BCUT2D eigenvalue weighted by Gasteiger charge is 2.32. The first-order valence-corrected chi connectivity index (χ1v) is 12.8. The number of hydrogen-bond donors (Lipinski definition) is 3. The van der Waals surface area contributed by atoms with Gasteiger partial charge < -0.3 is 15.7 Å². The van der Waals surface area contributed by atoms with E-state index < -0.39 is 17.7 Å². The van der Waals surface area contributed by atoms with E-state index in [0.717, 1.165) is 47.6 Å². The maximum absolute atomic E-state index is 12.9. The van der Waals surface area contributed by atoms with Crippen LogP contribution in [0.3, 0.4) is 0 Å². The van der Waals surface area contributed by atoms with E-state index in [2.05, 4.69) is 46.9 Å². The molecule has 4 aromatic rings. The zero-order chi connectivity index (χ0) is 27.8. The predicted molar refractivity (Wildman–Crippen MR) is 145 cm³/mol. The normalized spacial score (nSPS) is 13.1. The van der Waals surface area contributed by atoms with Crippen molar-refractivity contribution >= 4 is 11.7 Å². The third-order valence-electron chi connectivity index (χ3n) is 6.45. The number of anilines is 1. The maximum Gasteiger partial charge on any atom is 0.419 e. The summed E-state index contributed by atoms with van der Waals surface area (Å²) in [6.07, 6.45) is -0.770. The Morgan fingerprint density at radius 2 is 1.59 bits per heavy atom. The Bertz CT molecular complexity index is 1340. The van der Waals surface area contributed by atoms with Crippen LogP contribution in [0.4, 0.5) is 18.9 Å². The smallest absolute Gasteiger partial charge is 0.419 e. The number of nitrogens with one attached hydrogen (secondary N) is 2. The summed E-state index contributed by atoms with van der Waals surface area (Å²) in [4.78, 5) is 11.0. The van der Waals surface area contributed by atoms with Gasteiger partial charge in [-0.05, 0) is 47.4 Å². The molecule has 0 aliphatic heterocycles. The van der Waals surface area contributed by atoms with Gasteiger partial charge in [-0.1, -0.05) is 67.9 Å². The van der Waals surface area contributed by atoms with Crippen LogP contribution < -0.4 is 10.6 Å². The molecule has 1 aromatic heterocycles. The second-order valence-corrected chi connectivity index (χ2v) is 9.31. The Kier molecular flexibility index (Phi) is 9.03. The van der Waals surface area contributed by atoms with Gasteiger partial charge in [0, 0.05) is 18.4 Å². The van der Waals surface area contributed by atoms with Gasteiger partial charge in [-0.15, -0.1) is 0 Å². The monoisotopic (exact) mass is 536 g/mol. The van der Waals surface area contributed by atoms with Crippen molar-refractivity contribution < 1.29 is 23.1 Å². The van der Waals surface area contributed by atoms with Gasteiger partial charge in [0.2, 0.25) is 0 Å². The van der Waals surface area contributed by atoms with Crippen molar-refractivity contribution in [2.75, 3.05) is 11.9 Å². The summed E-state index contributed by atoms with van der Waals surface area (Å²) in [5.74, 6) is -0.846. The van der Waals surface area contributed by atoms with Gasteiger partial charge in [0.05, 0.1) is 36.0 Å². The van der Waals surface area contributed by atoms with Crippen molar-refractivity contribution in [3.8, 4) is 5.69 Å². The Balaban J connectivity index is 1.49. The molecule has 6 nitrogen and oxygen atoms in total. The summed E-state index contributed by atoms with van der Waals surface area (Å²) in [7, 11) is 0. The first kappa shape index (κ1) is 27.9. The molecule has 204 valence electrons. The fourth-order valence-corrected chi connectivity index (χ4v) is 4.45. The van der Waals surface area contributed by atoms with Crippen LogP contribution in [0.15, 0.2) is 91.3 Å². The number of aliphatic carboxylic acids is 1. The van der Waals surface area contributed by atoms with E-state index in [9.17, 15) is 18.0 Å². The van der Waals surface area contributed by atoms with Crippen molar-refractivity contribution in [2.45, 2.75) is 44.4 Å². The van der Waals surface area contributed by atoms with Gasteiger partial charge in [-0.2, -0.15) is 18.3 Å². The molecule has 0 amide bonds. The number of nitrogens with zero attached hydrogens (tertiary/aromatic N) is 2. The molecular formula is C30H31F3N4O2. The Morgan fingerprint density at radius 3 is 2.18 bits per heavy atom. The number of halogens is 3. The summed E-state index contributed by atoms with van der Waals surface area (Å²) >= 11 is 0. The van der Waals surface area contributed by atoms with E-state index in [0.29, 0.717) is 12.2 Å². The minimum atomic E-state index is -4.43. The summed E-state index contributed by atoms with van der Waals surface area (Å²) in [6.45, 7) is 2.46. The van der Waals surface area contributed by atoms with Crippen molar-refractivity contribution in [1.82, 2.24) is 15.1 Å². The first-order chi connectivity index (χ1) is 18.7. The van der Waals surface area contributed by atoms with E-state index in [1.54, 1.807) is 12.1 Å². The lowest BCUT2D eigenvalue weighted by Gasteiger charge is -2.23. The molecule has 0 spiro atoms. The zero-order valence-corrected chi connectivity index (χ0v) is 21.5. The maximum atomic E-state index is 12.9. The molecule has 0 saturated carbocycles. The average Bonchev–Trinajstić information content (AvgIpc) is 3.43. The quantitative estimate of drug-likeness (QED) is 0.182. The number of carbonyl (C=O) groups is 1. The van der Waals surface area contributed by atoms with Crippen molar-refractivity contribution in [3.05, 3.63) is 114 Å². The molecule has 2 atom stereocenters. The highest BCUT2D eigenvalue weighted by atomic mass is 19.4. The number of carboxylic acids is 1. The third-order valence-corrected chi connectivity index (χ3v) is 6.45. The van der Waals surface area contributed by atoms with Crippen LogP contribution in [-0.2, 0) is 11.0 Å². The average molecular weight is 537 g/mol. The number of aromatic nitrogens is 2. The molecule has 3 N–H and O–H groups in total. The van der Waals surface area contributed by atoms with Gasteiger partial charge >= 0.3 is 12.1 Å². The van der Waals surface area contributed by atoms with Crippen molar-refractivity contribution in [1.29, 1.82) is 0 Å². The lowest BCUT2D eigenvalue weighted by molar-refractivity contribution is -0.138. The van der Waals surface area contributed by atoms with Gasteiger partial charge in [0.15, 0.2) is 0 Å². The summed E-state index contributed by atoms with van der Waals surface area (Å²) in [6, 6.07) is 25.2. The Morgan fingerprint density at radius 1 is 0.949 bits per heavy atom. The molecule has 0 radical (unpaired) electrons. The minimum Gasteiger partial charge on any atom is -0.481 e. The lowest BCUT2D eigenvalue weighted by atomic mass is 9.95. The third kappa shape index (κ3) is 7.48. The number of rotatable bonds is 12. The fraction of sp³-hybridized carbons (Fsp3) is 0.267. The molecule has 1 heterocycles. The van der Waals surface area contributed by atoms with Crippen molar-refractivity contribution in [3.63, 3.8) is 0 Å². The van der Waals surface area contributed by atoms with Crippen molar-refractivity contribution in [2.24, 2.45) is 0 Å². The lowest BCUT2D eigenvalue weighted by Crippen LogP contribution is -2.25. The number of benzene rings is 3. The summed E-state index contributed by atoms with van der Waals surface area (Å²) < 4.78 is 39.9. The first-order valence-electron chi connectivity index (χ1n) is 12.8. The SMILES string of the molecule is CCCC(Nc1ccc(-n2cc(C(F)(F)F)cn2)cc1)c1ccc(C(NCCC(=O)O)c2ccccc2)cc1. The van der Waals surface area contributed by atoms with Gasteiger partial charge in [0.25, 0.3) is 0 Å². The number of carboxylic acid groups (broad SMARTS) is 1. The molecule has 0 aliphatic carbocycles. The molecule has 39 heavy (non-hydrogen) atoms. The molecule has 0 aliphatic rings.